The molecule has 0 saturated heterocycles. The summed E-state index contributed by atoms with van der Waals surface area (Å²) in [6, 6.07) is 0. The van der Waals surface area contributed by atoms with Gasteiger partial charge in [0, 0.05) is 12.4 Å². The third-order valence-electron chi connectivity index (χ3n) is 1.12. The van der Waals surface area contributed by atoms with Gasteiger partial charge in [0.2, 0.25) is 0 Å². The second-order valence-corrected chi connectivity index (χ2v) is 1.75. The monoisotopic (exact) mass is 131 g/mol. The molecule has 2 rings (SSSR count). The van der Waals surface area contributed by atoms with Crippen LogP contribution in [0.25, 0.3) is 11.0 Å². The van der Waals surface area contributed by atoms with Crippen molar-refractivity contribution in [1.82, 2.24) is 20.2 Å². The van der Waals surface area contributed by atoms with E-state index in [1.165, 1.54) is 0 Å². The number of aromatic nitrogens is 4. The molecule has 0 amide bonds. The number of rotatable bonds is 0. The molecule has 0 aliphatic carbocycles. The van der Waals surface area contributed by atoms with Gasteiger partial charge in [0.15, 0.2) is 0 Å². The van der Waals surface area contributed by atoms with E-state index in [9.17, 15) is 0 Å². The van der Waals surface area contributed by atoms with E-state index in [-0.39, 0.29) is 0 Å². The molecule has 1 radical (unpaired) electrons. The van der Waals surface area contributed by atoms with Gasteiger partial charge in [-0.2, -0.15) is 5.10 Å². The largest absolute Gasteiger partial charge is 0.251 e. The van der Waals surface area contributed by atoms with Gasteiger partial charge in [0.1, 0.15) is 17.2 Å². The average Bonchev–Trinajstić information content (AvgIpc) is 2.05. The minimum absolute atomic E-state index is 0.650. The van der Waals surface area contributed by atoms with E-state index in [2.05, 4.69) is 26.4 Å². The van der Waals surface area contributed by atoms with E-state index in [4.69, 9.17) is 0 Å². The minimum atomic E-state index is 0.650. The zero-order valence-corrected chi connectivity index (χ0v) is 5.02. The standard InChI is InChI=1S/C6H3N4/c1-2-8-6-4-10-9-3-5(6)7-1/h1-3H. The molecule has 0 saturated carbocycles. The van der Waals surface area contributed by atoms with Crippen LogP contribution in [0, 0.1) is 6.20 Å². The maximum Gasteiger partial charge on any atom is 0.143 e. The normalized spacial score (nSPS) is 10.0. The lowest BCUT2D eigenvalue weighted by Crippen LogP contribution is -1.85. The lowest BCUT2D eigenvalue weighted by Gasteiger charge is -1.88. The summed E-state index contributed by atoms with van der Waals surface area (Å²) in [5.41, 5.74) is 1.37. The van der Waals surface area contributed by atoms with Crippen molar-refractivity contribution in [1.29, 1.82) is 0 Å². The second kappa shape index (κ2) is 1.98. The molecule has 0 aromatic carbocycles. The molecule has 4 nitrogen and oxygen atoms in total. The van der Waals surface area contributed by atoms with E-state index < -0.39 is 0 Å². The van der Waals surface area contributed by atoms with Crippen molar-refractivity contribution in [2.24, 2.45) is 0 Å². The molecule has 2 aromatic rings. The van der Waals surface area contributed by atoms with Crippen LogP contribution in [-0.2, 0) is 0 Å². The van der Waals surface area contributed by atoms with Crippen LogP contribution in [0.1, 0.15) is 0 Å². The van der Waals surface area contributed by atoms with Crippen molar-refractivity contribution in [3.63, 3.8) is 0 Å². The minimum Gasteiger partial charge on any atom is -0.251 e. The SMILES string of the molecule is [c]1nncc2nccnc12. The first-order valence-corrected chi connectivity index (χ1v) is 2.77. The van der Waals surface area contributed by atoms with Crippen LogP contribution in [-0.4, -0.2) is 20.2 Å². The van der Waals surface area contributed by atoms with Gasteiger partial charge in [0.25, 0.3) is 0 Å². The van der Waals surface area contributed by atoms with E-state index in [0.717, 1.165) is 5.52 Å². The molecule has 0 spiro atoms. The smallest absolute Gasteiger partial charge is 0.143 e. The number of hydrogen-bond donors (Lipinski definition) is 0. The number of hydrogen-bond acceptors (Lipinski definition) is 4. The molecule has 10 heavy (non-hydrogen) atoms. The van der Waals surface area contributed by atoms with E-state index in [1.807, 2.05) is 0 Å². The Balaban J connectivity index is 2.89. The Kier molecular flexibility index (Phi) is 1.04. The topological polar surface area (TPSA) is 51.6 Å². The molecule has 0 aliphatic heterocycles. The summed E-state index contributed by atoms with van der Waals surface area (Å²) in [6.45, 7) is 0. The molecule has 2 aromatic heterocycles. The van der Waals surface area contributed by atoms with Crippen molar-refractivity contribution < 1.29 is 0 Å². The Morgan fingerprint density at radius 2 is 2.10 bits per heavy atom. The van der Waals surface area contributed by atoms with Gasteiger partial charge in [-0.25, -0.2) is 0 Å². The third-order valence-corrected chi connectivity index (χ3v) is 1.12. The first-order valence-electron chi connectivity index (χ1n) is 2.77. The summed E-state index contributed by atoms with van der Waals surface area (Å²) in [5.74, 6) is 0. The second-order valence-electron chi connectivity index (χ2n) is 1.75. The summed E-state index contributed by atoms with van der Waals surface area (Å²) in [6.07, 6.45) is 7.38. The molecule has 0 aliphatic rings. The fourth-order valence-corrected chi connectivity index (χ4v) is 0.689. The Morgan fingerprint density at radius 3 is 3.00 bits per heavy atom. The Hall–Kier alpha value is -1.58. The van der Waals surface area contributed by atoms with E-state index >= 15 is 0 Å². The molecule has 0 fully saturated rings. The fourth-order valence-electron chi connectivity index (χ4n) is 0.689. The van der Waals surface area contributed by atoms with Gasteiger partial charge in [-0.05, 0) is 0 Å². The number of nitrogens with zero attached hydrogens (tertiary/aromatic N) is 4. The first kappa shape index (κ1) is 5.22. The molecule has 0 atom stereocenters. The summed E-state index contributed by atoms with van der Waals surface area (Å²) < 4.78 is 0. The zero-order valence-electron chi connectivity index (χ0n) is 5.02. The predicted octanol–water partition coefficient (Wildman–Crippen LogP) is 0.220. The maximum atomic E-state index is 3.98. The molecule has 0 N–H and O–H groups in total. The lowest BCUT2D eigenvalue weighted by molar-refractivity contribution is 1.03. The van der Waals surface area contributed by atoms with Crippen molar-refractivity contribution >= 4 is 11.0 Å². The molecule has 0 bridgehead atoms. The highest BCUT2D eigenvalue weighted by atomic mass is 15.1. The molecule has 0 unspecified atom stereocenters. The van der Waals surface area contributed by atoms with Crippen LogP contribution in [0.3, 0.4) is 0 Å². The van der Waals surface area contributed by atoms with E-state index in [0.29, 0.717) is 5.52 Å². The summed E-state index contributed by atoms with van der Waals surface area (Å²) in [5, 5.41) is 7.14. The number of fused-ring (bicyclic) bond motifs is 1. The Bertz CT molecular complexity index is 281. The molecule has 4 heteroatoms. The van der Waals surface area contributed by atoms with Crippen molar-refractivity contribution in [3.05, 3.63) is 24.8 Å². The van der Waals surface area contributed by atoms with Gasteiger partial charge >= 0.3 is 0 Å². The molecular formula is C6H3N4. The zero-order chi connectivity index (χ0) is 6.81. The van der Waals surface area contributed by atoms with Gasteiger partial charge in [0.05, 0.1) is 6.20 Å². The average molecular weight is 131 g/mol. The first-order chi connectivity index (χ1) is 4.97. The predicted molar refractivity (Wildman–Crippen MR) is 34.0 cm³/mol. The van der Waals surface area contributed by atoms with Crippen LogP contribution < -0.4 is 0 Å². The molecule has 2 heterocycles. The summed E-state index contributed by atoms with van der Waals surface area (Å²) in [4.78, 5) is 7.95. The van der Waals surface area contributed by atoms with Crippen LogP contribution >= 0.6 is 0 Å². The van der Waals surface area contributed by atoms with Gasteiger partial charge in [-0.1, -0.05) is 0 Å². The Morgan fingerprint density at radius 1 is 1.20 bits per heavy atom. The lowest BCUT2D eigenvalue weighted by atomic mass is 10.4. The third kappa shape index (κ3) is 0.699. The Labute approximate surface area is 57.0 Å². The summed E-state index contributed by atoms with van der Waals surface area (Å²) >= 11 is 0. The van der Waals surface area contributed by atoms with Crippen molar-refractivity contribution in [2.45, 2.75) is 0 Å². The van der Waals surface area contributed by atoms with Crippen molar-refractivity contribution in [2.75, 3.05) is 0 Å². The van der Waals surface area contributed by atoms with Crippen LogP contribution in [0.5, 0.6) is 0 Å². The highest BCUT2D eigenvalue weighted by molar-refractivity contribution is 5.69. The highest BCUT2D eigenvalue weighted by Crippen LogP contribution is 1.99. The van der Waals surface area contributed by atoms with E-state index in [1.54, 1.807) is 18.6 Å². The summed E-state index contributed by atoms with van der Waals surface area (Å²) in [7, 11) is 0. The van der Waals surface area contributed by atoms with Gasteiger partial charge in [-0.15, -0.1) is 5.10 Å². The molecular weight excluding hydrogens is 128 g/mol. The highest BCUT2D eigenvalue weighted by Gasteiger charge is 1.91. The molecule has 47 valence electrons. The van der Waals surface area contributed by atoms with Crippen molar-refractivity contribution in [3.8, 4) is 0 Å². The van der Waals surface area contributed by atoms with Crippen LogP contribution in [0.4, 0.5) is 0 Å². The quantitative estimate of drug-likeness (QED) is 0.513. The van der Waals surface area contributed by atoms with Crippen LogP contribution in [0.15, 0.2) is 18.6 Å². The van der Waals surface area contributed by atoms with Gasteiger partial charge < -0.3 is 0 Å². The van der Waals surface area contributed by atoms with Gasteiger partial charge in [-0.3, -0.25) is 9.97 Å². The van der Waals surface area contributed by atoms with Crippen LogP contribution in [0.2, 0.25) is 0 Å². The fraction of sp³-hybridized carbons (Fsp3) is 0. The maximum absolute atomic E-state index is 3.98.